The number of rotatable bonds is 5. The van der Waals surface area contributed by atoms with Crippen LogP contribution >= 0.6 is 27.3 Å². The normalized spacial score (nSPS) is 19.3. The van der Waals surface area contributed by atoms with Gasteiger partial charge in [0, 0.05) is 26.9 Å². The molecule has 232 valence electrons. The Kier molecular flexibility index (Phi) is 6.92. The van der Waals surface area contributed by atoms with E-state index in [4.69, 9.17) is 0 Å². The molecule has 0 fully saturated rings. The smallest absolute Gasteiger partial charge is 0.245 e. The van der Waals surface area contributed by atoms with Crippen LogP contribution in [0, 0.1) is 5.92 Å². The molecule has 11 heteroatoms. The van der Waals surface area contributed by atoms with Gasteiger partial charge in [0.25, 0.3) is 0 Å². The van der Waals surface area contributed by atoms with Gasteiger partial charge in [0.2, 0.25) is 5.91 Å². The van der Waals surface area contributed by atoms with Gasteiger partial charge in [-0.25, -0.2) is 15.0 Å². The van der Waals surface area contributed by atoms with Crippen LogP contribution in [0.4, 0.5) is 16.6 Å². The van der Waals surface area contributed by atoms with E-state index in [-0.39, 0.29) is 30.7 Å². The summed E-state index contributed by atoms with van der Waals surface area (Å²) in [5.41, 5.74) is 4.54. The van der Waals surface area contributed by atoms with Crippen molar-refractivity contribution in [2.75, 3.05) is 28.3 Å². The Morgan fingerprint density at radius 1 is 1.02 bits per heavy atom. The third-order valence-electron chi connectivity index (χ3n) is 9.24. The summed E-state index contributed by atoms with van der Waals surface area (Å²) in [6.45, 7) is 4.04. The van der Waals surface area contributed by atoms with E-state index in [0.29, 0.717) is 22.2 Å². The zero-order valence-corrected chi connectivity index (χ0v) is 27.8. The van der Waals surface area contributed by atoms with Gasteiger partial charge in [0.05, 0.1) is 25.1 Å². The molecular weight excluding hydrogens is 676 g/mol. The first-order valence-electron chi connectivity index (χ1n) is 15.1. The fourth-order valence-electron chi connectivity index (χ4n) is 6.96. The number of thiazole rings is 1. The molecule has 0 spiro atoms. The highest BCUT2D eigenvalue weighted by atomic mass is 79.9. The molecule has 2 atom stereocenters. The molecule has 1 amide bonds. The van der Waals surface area contributed by atoms with Crippen molar-refractivity contribution in [3.63, 3.8) is 0 Å². The Labute approximate surface area is 282 Å². The number of fused-ring (bicyclic) bond motifs is 6. The van der Waals surface area contributed by atoms with Crippen molar-refractivity contribution in [2.45, 2.75) is 19.4 Å². The molecule has 9 nitrogen and oxygen atoms in total. The fraction of sp³-hybridized carbons (Fsp3) is 0.167. The second-order valence-corrected chi connectivity index (χ2v) is 13.7. The lowest BCUT2D eigenvalue weighted by atomic mass is 9.73. The van der Waals surface area contributed by atoms with E-state index >= 15 is 0 Å². The molecule has 2 aromatic heterocycles. The molecule has 3 aromatic carbocycles. The van der Waals surface area contributed by atoms with Crippen molar-refractivity contribution < 1.29 is 14.4 Å². The minimum Gasteiger partial charge on any atom is -0.340 e. The number of amides is 1. The summed E-state index contributed by atoms with van der Waals surface area (Å²) in [6, 6.07) is 19.4. The molecule has 0 saturated heterocycles. The van der Waals surface area contributed by atoms with Crippen LogP contribution in [0.2, 0.25) is 0 Å². The van der Waals surface area contributed by atoms with E-state index in [9.17, 15) is 14.4 Å². The molecule has 3 heterocycles. The number of ketones is 2. The summed E-state index contributed by atoms with van der Waals surface area (Å²) in [5, 5.41) is 7.03. The number of anilines is 3. The minimum absolute atomic E-state index is 0.00285. The Bertz CT molecular complexity index is 2290. The van der Waals surface area contributed by atoms with Crippen molar-refractivity contribution >= 4 is 73.5 Å². The first-order valence-corrected chi connectivity index (χ1v) is 16.8. The van der Waals surface area contributed by atoms with Gasteiger partial charge < -0.3 is 15.1 Å². The lowest BCUT2D eigenvalue weighted by Crippen LogP contribution is -2.59. The monoisotopic (exact) mass is 702 g/mol. The second kappa shape index (κ2) is 11.1. The van der Waals surface area contributed by atoms with Crippen LogP contribution in [0.5, 0.6) is 0 Å². The molecule has 1 N–H and O–H groups in total. The van der Waals surface area contributed by atoms with Gasteiger partial charge in [0.1, 0.15) is 17.6 Å². The number of nitrogens with one attached hydrogen (secondary N) is 1. The Hall–Kier alpha value is -5.00. The first-order chi connectivity index (χ1) is 22.7. The third-order valence-corrected chi connectivity index (χ3v) is 10.7. The van der Waals surface area contributed by atoms with Gasteiger partial charge in [-0.05, 0) is 46.2 Å². The SMILES string of the molecule is CC1C=c2c(ccc3c2=CC(=O)c2ccccc2-3)C(C)(N2CN(CC(=O)Nc3nc(-c4ccccc4Br)cs3)c3cncnc32)C1=O. The summed E-state index contributed by atoms with van der Waals surface area (Å²) >= 11 is 4.92. The van der Waals surface area contributed by atoms with E-state index in [1.54, 1.807) is 12.3 Å². The summed E-state index contributed by atoms with van der Waals surface area (Å²) in [7, 11) is 0. The number of halogens is 1. The quantitative estimate of drug-likeness (QED) is 0.268. The van der Waals surface area contributed by atoms with Gasteiger partial charge in [-0.3, -0.25) is 14.4 Å². The topological polar surface area (TPSA) is 108 Å². The molecule has 0 bridgehead atoms. The maximum Gasteiger partial charge on any atom is 0.245 e. The fourth-order valence-corrected chi connectivity index (χ4v) is 8.17. The summed E-state index contributed by atoms with van der Waals surface area (Å²) in [4.78, 5) is 58.2. The number of carbonyl (C=O) groups excluding carboxylic acids is 3. The first kappa shape index (κ1) is 29.4. The van der Waals surface area contributed by atoms with Crippen LogP contribution in [-0.2, 0) is 15.1 Å². The molecule has 0 saturated carbocycles. The average molecular weight is 704 g/mol. The van der Waals surface area contributed by atoms with E-state index in [1.165, 1.54) is 17.7 Å². The van der Waals surface area contributed by atoms with Crippen LogP contribution < -0.4 is 25.6 Å². The standard InChI is InChI=1S/C36H27BrN6O3S/c1-20-13-26-25-14-31(44)23-8-4-3-7-21(23)22(25)11-12-27(26)36(2,33(20)46)43-19-42(30-15-38-18-39-34(30)43)16-32(45)41-35-40-29(17-47-35)24-9-5-6-10-28(24)37/h3-15,17-18,20H,16,19H2,1-2H3,(H,40,41,45). The van der Waals surface area contributed by atoms with Crippen LogP contribution in [-0.4, -0.2) is 45.6 Å². The average Bonchev–Trinajstić information content (AvgIpc) is 3.69. The summed E-state index contributed by atoms with van der Waals surface area (Å²) < 4.78 is 0.922. The van der Waals surface area contributed by atoms with E-state index in [1.807, 2.05) is 95.8 Å². The van der Waals surface area contributed by atoms with Crippen molar-refractivity contribution in [1.82, 2.24) is 15.0 Å². The van der Waals surface area contributed by atoms with Crippen molar-refractivity contribution in [3.05, 3.63) is 105 Å². The van der Waals surface area contributed by atoms with Crippen LogP contribution in [0.15, 0.2) is 83.0 Å². The maximum absolute atomic E-state index is 14.2. The van der Waals surface area contributed by atoms with Crippen molar-refractivity contribution in [1.29, 1.82) is 0 Å². The van der Waals surface area contributed by atoms with Crippen LogP contribution in [0.3, 0.4) is 0 Å². The zero-order valence-electron chi connectivity index (χ0n) is 25.4. The number of Topliss-reactive ketones (excluding diaryl/α,β-unsaturated/α-hetero) is 2. The van der Waals surface area contributed by atoms with Gasteiger partial charge in [-0.2, -0.15) is 0 Å². The number of benzene rings is 3. The van der Waals surface area contributed by atoms with Gasteiger partial charge in [-0.15, -0.1) is 11.3 Å². The predicted molar refractivity (Wildman–Crippen MR) is 187 cm³/mol. The Morgan fingerprint density at radius 3 is 2.60 bits per heavy atom. The molecule has 2 aliphatic carbocycles. The van der Waals surface area contributed by atoms with E-state index in [0.717, 1.165) is 42.9 Å². The van der Waals surface area contributed by atoms with E-state index < -0.39 is 11.5 Å². The number of nitrogens with zero attached hydrogens (tertiary/aromatic N) is 5. The highest BCUT2D eigenvalue weighted by Crippen LogP contribution is 2.44. The van der Waals surface area contributed by atoms with E-state index in [2.05, 4.69) is 36.2 Å². The highest BCUT2D eigenvalue weighted by Gasteiger charge is 2.50. The largest absolute Gasteiger partial charge is 0.340 e. The Morgan fingerprint density at radius 2 is 1.79 bits per heavy atom. The predicted octanol–water partition coefficient (Wildman–Crippen LogP) is 5.14. The third kappa shape index (κ3) is 4.63. The summed E-state index contributed by atoms with van der Waals surface area (Å²) in [5.74, 6) is -0.159. The molecule has 47 heavy (non-hydrogen) atoms. The van der Waals surface area contributed by atoms with Gasteiger partial charge in [0.15, 0.2) is 22.5 Å². The van der Waals surface area contributed by atoms with Crippen molar-refractivity contribution in [2.24, 2.45) is 5.92 Å². The second-order valence-electron chi connectivity index (χ2n) is 12.0. The molecule has 0 radical (unpaired) electrons. The molecule has 1 aliphatic heterocycles. The highest BCUT2D eigenvalue weighted by molar-refractivity contribution is 9.10. The maximum atomic E-state index is 14.2. The summed E-state index contributed by atoms with van der Waals surface area (Å²) in [6.07, 6.45) is 6.78. The minimum atomic E-state index is -1.13. The van der Waals surface area contributed by atoms with Crippen LogP contribution in [0.25, 0.3) is 34.5 Å². The number of aromatic nitrogens is 3. The Balaban J connectivity index is 1.13. The zero-order chi connectivity index (χ0) is 32.4. The molecule has 3 aliphatic rings. The lowest BCUT2D eigenvalue weighted by Gasteiger charge is -2.42. The van der Waals surface area contributed by atoms with Gasteiger partial charge >= 0.3 is 0 Å². The number of hydrogen-bond acceptors (Lipinski definition) is 9. The molecule has 2 unspecified atom stereocenters. The number of carbonyl (C=O) groups is 3. The molecule has 8 rings (SSSR count). The lowest BCUT2D eigenvalue weighted by molar-refractivity contribution is -0.126. The number of hydrogen-bond donors (Lipinski definition) is 1. The molecule has 5 aromatic rings. The van der Waals surface area contributed by atoms with Crippen molar-refractivity contribution in [3.8, 4) is 22.4 Å². The van der Waals surface area contributed by atoms with Gasteiger partial charge in [-0.1, -0.05) is 83.5 Å². The van der Waals surface area contributed by atoms with Crippen LogP contribution in [0.1, 0.15) is 29.8 Å². The molecular formula is C36H27BrN6O3S.